The summed E-state index contributed by atoms with van der Waals surface area (Å²) in [6.45, 7) is 3.83. The molecule has 2 aromatic rings. The minimum absolute atomic E-state index is 0.0958. The van der Waals surface area contributed by atoms with E-state index in [1.165, 1.54) is 5.56 Å². The Balaban J connectivity index is 1.61. The van der Waals surface area contributed by atoms with Crippen molar-refractivity contribution >= 4 is 17.6 Å². The van der Waals surface area contributed by atoms with Gasteiger partial charge in [0.25, 0.3) is 5.91 Å². The average molecular weight is 309 g/mol. The van der Waals surface area contributed by atoms with E-state index in [-0.39, 0.29) is 11.9 Å². The number of hydrogen-bond acceptors (Lipinski definition) is 2. The lowest BCUT2D eigenvalue weighted by Gasteiger charge is -2.14. The molecule has 0 radical (unpaired) electrons. The summed E-state index contributed by atoms with van der Waals surface area (Å²) in [6, 6.07) is 15.0. The fourth-order valence-electron chi connectivity index (χ4n) is 2.50. The molecule has 0 saturated carbocycles. The molecule has 118 valence electrons. The fourth-order valence-corrected chi connectivity index (χ4v) is 2.50. The van der Waals surface area contributed by atoms with Gasteiger partial charge >= 0.3 is 6.03 Å². The van der Waals surface area contributed by atoms with Gasteiger partial charge in [0.1, 0.15) is 0 Å². The summed E-state index contributed by atoms with van der Waals surface area (Å²) < 4.78 is 0. The van der Waals surface area contributed by atoms with Crippen LogP contribution in [-0.4, -0.2) is 25.0 Å². The van der Waals surface area contributed by atoms with Gasteiger partial charge in [0, 0.05) is 30.9 Å². The van der Waals surface area contributed by atoms with E-state index in [4.69, 9.17) is 0 Å². The predicted molar refractivity (Wildman–Crippen MR) is 89.5 cm³/mol. The summed E-state index contributed by atoms with van der Waals surface area (Å²) in [5, 5.41) is 5.66. The van der Waals surface area contributed by atoms with Crippen LogP contribution in [0.2, 0.25) is 0 Å². The molecule has 1 saturated heterocycles. The molecule has 0 bridgehead atoms. The lowest BCUT2D eigenvalue weighted by molar-refractivity contribution is 0.0951. The maximum Gasteiger partial charge on any atom is 0.321 e. The molecule has 0 unspecified atom stereocenters. The smallest absolute Gasteiger partial charge is 0.321 e. The van der Waals surface area contributed by atoms with E-state index in [9.17, 15) is 9.59 Å². The molecule has 2 N–H and O–H groups in total. The van der Waals surface area contributed by atoms with Gasteiger partial charge in [-0.1, -0.05) is 29.8 Å². The maximum absolute atomic E-state index is 12.2. The third kappa shape index (κ3) is 3.51. The number of hydrogen-bond donors (Lipinski definition) is 2. The minimum Gasteiger partial charge on any atom is -0.348 e. The van der Waals surface area contributed by atoms with Crippen molar-refractivity contribution in [2.75, 3.05) is 18.0 Å². The van der Waals surface area contributed by atoms with Crippen molar-refractivity contribution in [3.05, 3.63) is 65.2 Å². The average Bonchev–Trinajstić information content (AvgIpc) is 3.00. The zero-order valence-corrected chi connectivity index (χ0v) is 13.0. The molecule has 1 heterocycles. The lowest BCUT2D eigenvalue weighted by atomic mass is 10.1. The summed E-state index contributed by atoms with van der Waals surface area (Å²) in [7, 11) is 0. The number of nitrogens with one attached hydrogen (secondary N) is 2. The van der Waals surface area contributed by atoms with Crippen molar-refractivity contribution in [2.45, 2.75) is 13.5 Å². The highest BCUT2D eigenvalue weighted by molar-refractivity contribution is 5.96. The number of urea groups is 1. The van der Waals surface area contributed by atoms with Crippen LogP contribution >= 0.6 is 0 Å². The molecule has 0 aliphatic carbocycles. The largest absolute Gasteiger partial charge is 0.348 e. The predicted octanol–water partition coefficient (Wildman–Crippen LogP) is 2.45. The van der Waals surface area contributed by atoms with Crippen molar-refractivity contribution in [2.24, 2.45) is 0 Å². The number of carbonyl (C=O) groups is 2. The Kier molecular flexibility index (Phi) is 4.28. The molecule has 3 rings (SSSR count). The van der Waals surface area contributed by atoms with E-state index in [2.05, 4.69) is 10.6 Å². The molecule has 1 fully saturated rings. The number of amides is 3. The van der Waals surface area contributed by atoms with Crippen LogP contribution in [0.25, 0.3) is 0 Å². The second-order valence-electron chi connectivity index (χ2n) is 5.60. The Hall–Kier alpha value is -2.82. The fraction of sp³-hybridized carbons (Fsp3) is 0.222. The number of carbonyl (C=O) groups excluding carboxylic acids is 2. The summed E-state index contributed by atoms with van der Waals surface area (Å²) >= 11 is 0. The van der Waals surface area contributed by atoms with Crippen LogP contribution in [-0.2, 0) is 6.54 Å². The Bertz CT molecular complexity index is 708. The van der Waals surface area contributed by atoms with Crippen molar-refractivity contribution in [1.82, 2.24) is 10.6 Å². The molecule has 0 spiro atoms. The van der Waals surface area contributed by atoms with Crippen LogP contribution in [0.15, 0.2) is 48.5 Å². The van der Waals surface area contributed by atoms with Crippen LogP contribution in [0.1, 0.15) is 21.5 Å². The van der Waals surface area contributed by atoms with E-state index in [0.29, 0.717) is 25.2 Å². The molecular weight excluding hydrogens is 290 g/mol. The molecule has 1 aliphatic heterocycles. The van der Waals surface area contributed by atoms with E-state index in [1.54, 1.807) is 29.2 Å². The van der Waals surface area contributed by atoms with Crippen LogP contribution < -0.4 is 15.5 Å². The minimum atomic E-state index is -0.122. The molecule has 0 aromatic heterocycles. The molecule has 23 heavy (non-hydrogen) atoms. The van der Waals surface area contributed by atoms with E-state index in [1.807, 2.05) is 31.2 Å². The van der Waals surface area contributed by atoms with E-state index >= 15 is 0 Å². The van der Waals surface area contributed by atoms with E-state index < -0.39 is 0 Å². The summed E-state index contributed by atoms with van der Waals surface area (Å²) in [6.07, 6.45) is 0. The Morgan fingerprint density at radius 1 is 1.13 bits per heavy atom. The number of anilines is 1. The molecule has 0 atom stereocenters. The second kappa shape index (κ2) is 6.52. The quantitative estimate of drug-likeness (QED) is 0.911. The summed E-state index contributed by atoms with van der Waals surface area (Å²) in [4.78, 5) is 25.5. The van der Waals surface area contributed by atoms with Gasteiger partial charge in [-0.2, -0.15) is 0 Å². The van der Waals surface area contributed by atoms with Gasteiger partial charge in [-0.3, -0.25) is 9.69 Å². The topological polar surface area (TPSA) is 61.4 Å². The third-order valence-electron chi connectivity index (χ3n) is 3.87. The normalized spacial score (nSPS) is 13.8. The van der Waals surface area contributed by atoms with Crippen LogP contribution in [0.5, 0.6) is 0 Å². The van der Waals surface area contributed by atoms with Gasteiger partial charge in [-0.25, -0.2) is 4.79 Å². The number of aryl methyl sites for hydroxylation is 1. The maximum atomic E-state index is 12.2. The summed E-state index contributed by atoms with van der Waals surface area (Å²) in [5.41, 5.74) is 3.64. The van der Waals surface area contributed by atoms with Gasteiger partial charge in [0.15, 0.2) is 0 Å². The first-order chi connectivity index (χ1) is 11.1. The first-order valence-corrected chi connectivity index (χ1v) is 7.63. The highest BCUT2D eigenvalue weighted by atomic mass is 16.2. The van der Waals surface area contributed by atoms with Gasteiger partial charge < -0.3 is 10.6 Å². The SMILES string of the molecule is Cc1ccc(CNC(=O)c2ccc(N3CCNC3=O)cc2)cc1. The van der Waals surface area contributed by atoms with Gasteiger partial charge in [-0.15, -0.1) is 0 Å². The zero-order chi connectivity index (χ0) is 16.2. The van der Waals surface area contributed by atoms with Gasteiger partial charge in [-0.05, 0) is 36.8 Å². The molecule has 2 aromatic carbocycles. The molecular formula is C18H19N3O2. The molecule has 3 amide bonds. The number of rotatable bonds is 4. The van der Waals surface area contributed by atoms with Crippen LogP contribution in [0.3, 0.4) is 0 Å². The Morgan fingerprint density at radius 3 is 2.43 bits per heavy atom. The van der Waals surface area contributed by atoms with Crippen molar-refractivity contribution in [1.29, 1.82) is 0 Å². The Labute approximate surface area is 135 Å². The second-order valence-corrected chi connectivity index (χ2v) is 5.60. The zero-order valence-electron chi connectivity index (χ0n) is 13.0. The first-order valence-electron chi connectivity index (χ1n) is 7.63. The highest BCUT2D eigenvalue weighted by Gasteiger charge is 2.21. The van der Waals surface area contributed by atoms with Crippen molar-refractivity contribution < 1.29 is 9.59 Å². The highest BCUT2D eigenvalue weighted by Crippen LogP contribution is 2.17. The van der Waals surface area contributed by atoms with Crippen molar-refractivity contribution in [3.8, 4) is 0 Å². The molecule has 1 aliphatic rings. The first kappa shape index (κ1) is 15.1. The standard InChI is InChI=1S/C18H19N3O2/c1-13-2-4-14(5-3-13)12-20-17(22)15-6-8-16(9-7-15)21-11-10-19-18(21)23/h2-9H,10-12H2,1H3,(H,19,23)(H,20,22). The van der Waals surface area contributed by atoms with Crippen LogP contribution in [0, 0.1) is 6.92 Å². The van der Waals surface area contributed by atoms with Crippen LogP contribution in [0.4, 0.5) is 10.5 Å². The van der Waals surface area contributed by atoms with Crippen molar-refractivity contribution in [3.63, 3.8) is 0 Å². The molecule has 5 heteroatoms. The molecule has 5 nitrogen and oxygen atoms in total. The Morgan fingerprint density at radius 2 is 1.83 bits per heavy atom. The van der Waals surface area contributed by atoms with E-state index in [0.717, 1.165) is 11.3 Å². The van der Waals surface area contributed by atoms with Gasteiger partial charge in [0.2, 0.25) is 0 Å². The van der Waals surface area contributed by atoms with Gasteiger partial charge in [0.05, 0.1) is 0 Å². The number of nitrogens with zero attached hydrogens (tertiary/aromatic N) is 1. The summed E-state index contributed by atoms with van der Waals surface area (Å²) in [5.74, 6) is -0.122. The monoisotopic (exact) mass is 309 g/mol. The lowest BCUT2D eigenvalue weighted by Crippen LogP contribution is -2.27. The number of benzene rings is 2. The third-order valence-corrected chi connectivity index (χ3v) is 3.87.